The van der Waals surface area contributed by atoms with Crippen LogP contribution in [0, 0.1) is 20.1 Å². The van der Waals surface area contributed by atoms with Crippen molar-refractivity contribution in [1.29, 1.82) is 0 Å². The molecule has 0 aliphatic heterocycles. The van der Waals surface area contributed by atoms with Crippen LogP contribution < -0.4 is 0 Å². The fourth-order valence-corrected chi connectivity index (χ4v) is 1.79. The summed E-state index contributed by atoms with van der Waals surface area (Å²) in [5.41, 5.74) is 2.47. The topological polar surface area (TPSA) is 58.9 Å². The molecule has 0 saturated heterocycles. The molecule has 2 aromatic rings. The molecule has 0 spiro atoms. The Morgan fingerprint density at radius 3 is 2.30 bits per heavy atom. The third kappa shape index (κ3) is 2.33. The molecule has 0 amide bonds. The molecular formula is C15H9N3O2. The van der Waals surface area contributed by atoms with Gasteiger partial charge < -0.3 is 5.11 Å². The maximum Gasteiger partial charge on any atom is 0.335 e. The van der Waals surface area contributed by atoms with Crippen molar-refractivity contribution < 1.29 is 9.90 Å². The van der Waals surface area contributed by atoms with Gasteiger partial charge in [-0.25, -0.2) is 14.5 Å². The molecule has 0 aliphatic carbocycles. The molecule has 1 N–H and O–H groups in total. The van der Waals surface area contributed by atoms with Gasteiger partial charge in [-0.3, -0.25) is 4.98 Å². The largest absolute Gasteiger partial charge is 0.478 e. The number of hydrogen-bond acceptors (Lipinski definition) is 2. The lowest BCUT2D eigenvalue weighted by atomic mass is 10.0. The highest BCUT2D eigenvalue weighted by Crippen LogP contribution is 2.34. The van der Waals surface area contributed by atoms with Gasteiger partial charge in [0.05, 0.1) is 24.4 Å². The second kappa shape index (κ2) is 5.21. The molecule has 0 radical (unpaired) electrons. The molecule has 20 heavy (non-hydrogen) atoms. The van der Waals surface area contributed by atoms with E-state index in [0.717, 1.165) is 0 Å². The molecule has 0 unspecified atom stereocenters. The lowest BCUT2D eigenvalue weighted by molar-refractivity contribution is 0.0697. The van der Waals surface area contributed by atoms with Gasteiger partial charge >= 0.3 is 5.97 Å². The van der Waals surface area contributed by atoms with Crippen LogP contribution in [0.25, 0.3) is 20.9 Å². The fraction of sp³-hybridized carbons (Fsp3) is 0.0667. The number of benzene rings is 1. The van der Waals surface area contributed by atoms with Crippen molar-refractivity contribution in [2.24, 2.45) is 0 Å². The Balaban J connectivity index is 2.65. The van der Waals surface area contributed by atoms with Crippen molar-refractivity contribution >= 4 is 17.3 Å². The Labute approximate surface area is 115 Å². The van der Waals surface area contributed by atoms with E-state index < -0.39 is 5.97 Å². The minimum Gasteiger partial charge on any atom is -0.478 e. The smallest absolute Gasteiger partial charge is 0.335 e. The van der Waals surface area contributed by atoms with Gasteiger partial charge in [0.1, 0.15) is 0 Å². The van der Waals surface area contributed by atoms with Gasteiger partial charge in [0, 0.05) is 6.20 Å². The van der Waals surface area contributed by atoms with Crippen LogP contribution >= 0.6 is 0 Å². The molecule has 0 atom stereocenters. The first kappa shape index (κ1) is 13.3. The predicted molar refractivity (Wildman–Crippen MR) is 73.9 cm³/mol. The summed E-state index contributed by atoms with van der Waals surface area (Å²) < 4.78 is 0. The van der Waals surface area contributed by atoms with Crippen LogP contribution in [0.5, 0.6) is 0 Å². The second-order valence-electron chi connectivity index (χ2n) is 4.10. The maximum atomic E-state index is 11.0. The van der Waals surface area contributed by atoms with E-state index in [4.69, 9.17) is 18.3 Å². The Kier molecular flexibility index (Phi) is 3.45. The molecular weight excluding hydrogens is 254 g/mol. The Bertz CT molecular complexity index is 747. The molecule has 0 aliphatic rings. The molecule has 0 bridgehead atoms. The lowest BCUT2D eigenvalue weighted by Crippen LogP contribution is -1.97. The van der Waals surface area contributed by atoms with Crippen LogP contribution in [0.4, 0.5) is 11.4 Å². The zero-order valence-electron chi connectivity index (χ0n) is 10.6. The number of carboxylic acid groups (broad SMARTS) is 1. The summed E-state index contributed by atoms with van der Waals surface area (Å²) in [7, 11) is 0. The van der Waals surface area contributed by atoms with Gasteiger partial charge in [-0.05, 0) is 35.4 Å². The van der Waals surface area contributed by atoms with Gasteiger partial charge in [0.2, 0.25) is 0 Å². The van der Waals surface area contributed by atoms with E-state index in [1.54, 1.807) is 19.1 Å². The number of nitrogens with zero attached hydrogens (tertiary/aromatic N) is 3. The van der Waals surface area contributed by atoms with E-state index in [9.17, 15) is 4.79 Å². The van der Waals surface area contributed by atoms with Gasteiger partial charge in [-0.1, -0.05) is 6.92 Å². The highest BCUT2D eigenvalue weighted by Gasteiger charge is 2.11. The Hall–Kier alpha value is -3.18. The summed E-state index contributed by atoms with van der Waals surface area (Å²) >= 11 is 0. The van der Waals surface area contributed by atoms with Gasteiger partial charge in [0.25, 0.3) is 0 Å². The summed E-state index contributed by atoms with van der Waals surface area (Å²) in [5.74, 6) is -1.04. The number of pyridine rings is 1. The highest BCUT2D eigenvalue weighted by atomic mass is 16.4. The van der Waals surface area contributed by atoms with Crippen molar-refractivity contribution in [3.8, 4) is 11.3 Å². The molecule has 2 rings (SSSR count). The minimum absolute atomic E-state index is 0.115. The zero-order chi connectivity index (χ0) is 14.7. The van der Waals surface area contributed by atoms with E-state index in [0.29, 0.717) is 28.2 Å². The first-order chi connectivity index (χ1) is 9.56. The third-order valence-corrected chi connectivity index (χ3v) is 2.90. The van der Waals surface area contributed by atoms with E-state index in [-0.39, 0.29) is 5.56 Å². The number of carboxylic acids is 1. The van der Waals surface area contributed by atoms with Crippen molar-refractivity contribution in [3.05, 3.63) is 64.4 Å². The average molecular weight is 263 g/mol. The van der Waals surface area contributed by atoms with Gasteiger partial charge in [-0.2, -0.15) is 0 Å². The fourth-order valence-electron chi connectivity index (χ4n) is 1.79. The number of hydrogen-bond donors (Lipinski definition) is 1. The lowest BCUT2D eigenvalue weighted by Gasteiger charge is -2.07. The van der Waals surface area contributed by atoms with Crippen LogP contribution in [-0.4, -0.2) is 16.1 Å². The van der Waals surface area contributed by atoms with E-state index in [1.807, 2.05) is 0 Å². The third-order valence-electron chi connectivity index (χ3n) is 2.90. The summed E-state index contributed by atoms with van der Waals surface area (Å²) in [6.07, 6.45) is 1.40. The molecule has 1 aromatic carbocycles. The van der Waals surface area contributed by atoms with Crippen LogP contribution in [0.3, 0.4) is 0 Å². The first-order valence-corrected chi connectivity index (χ1v) is 5.66. The summed E-state index contributed by atoms with van der Waals surface area (Å²) in [4.78, 5) is 21.8. The zero-order valence-corrected chi connectivity index (χ0v) is 10.6. The summed E-state index contributed by atoms with van der Waals surface area (Å²) in [6.45, 7) is 16.0. The molecule has 96 valence electrons. The summed E-state index contributed by atoms with van der Waals surface area (Å²) in [6, 6.07) is 6.05. The van der Waals surface area contributed by atoms with E-state index in [1.165, 1.54) is 18.3 Å². The minimum atomic E-state index is -1.04. The second-order valence-corrected chi connectivity index (χ2v) is 4.10. The van der Waals surface area contributed by atoms with Crippen molar-refractivity contribution in [2.45, 2.75) is 6.92 Å². The molecule has 0 saturated carbocycles. The highest BCUT2D eigenvalue weighted by molar-refractivity contribution is 5.89. The van der Waals surface area contributed by atoms with Crippen molar-refractivity contribution in [2.75, 3.05) is 0 Å². The normalized spacial score (nSPS) is 9.55. The maximum absolute atomic E-state index is 11.0. The molecule has 1 heterocycles. The SMILES string of the molecule is [C-]#[N+]c1cc(-c2cc(C(=O)O)ccn2)cc([N+]#[C-])c1C. The van der Waals surface area contributed by atoms with Crippen LogP contribution in [0.15, 0.2) is 30.5 Å². The first-order valence-electron chi connectivity index (χ1n) is 5.66. The van der Waals surface area contributed by atoms with Crippen molar-refractivity contribution in [3.63, 3.8) is 0 Å². The summed E-state index contributed by atoms with van der Waals surface area (Å²) in [5, 5.41) is 8.98. The quantitative estimate of drug-likeness (QED) is 0.837. The van der Waals surface area contributed by atoms with E-state index in [2.05, 4.69) is 14.7 Å². The molecule has 0 fully saturated rings. The number of rotatable bonds is 2. The Morgan fingerprint density at radius 2 is 1.80 bits per heavy atom. The van der Waals surface area contributed by atoms with Crippen LogP contribution in [-0.2, 0) is 0 Å². The number of aromatic carboxylic acids is 1. The molecule has 5 nitrogen and oxygen atoms in total. The molecule has 1 aromatic heterocycles. The van der Waals surface area contributed by atoms with Crippen LogP contribution in [0.2, 0.25) is 0 Å². The predicted octanol–water partition coefficient (Wildman–Crippen LogP) is 3.86. The monoisotopic (exact) mass is 263 g/mol. The standard InChI is InChI=1S/C15H9N3O2/c1-9-12(16-2)7-11(8-13(9)17-3)14-6-10(15(19)20)4-5-18-14/h4-8H,1H3,(H,19,20). The number of aromatic nitrogens is 1. The van der Waals surface area contributed by atoms with Gasteiger partial charge in [-0.15, -0.1) is 0 Å². The van der Waals surface area contributed by atoms with Gasteiger partial charge in [0.15, 0.2) is 11.4 Å². The Morgan fingerprint density at radius 1 is 1.20 bits per heavy atom. The number of carbonyl (C=O) groups is 1. The van der Waals surface area contributed by atoms with E-state index >= 15 is 0 Å². The van der Waals surface area contributed by atoms with Crippen LogP contribution in [0.1, 0.15) is 15.9 Å². The average Bonchev–Trinajstić information content (AvgIpc) is 2.47. The van der Waals surface area contributed by atoms with Crippen molar-refractivity contribution in [1.82, 2.24) is 4.98 Å². The molecule has 5 heteroatoms.